The van der Waals surface area contributed by atoms with Crippen LogP contribution in [-0.4, -0.2) is 20.5 Å². The van der Waals surface area contributed by atoms with Gasteiger partial charge in [0.25, 0.3) is 0 Å². The molecule has 0 saturated carbocycles. The maximum Gasteiger partial charge on any atom is 0.197 e. The van der Waals surface area contributed by atoms with Crippen LogP contribution in [0.15, 0.2) is 48.5 Å². The molecule has 0 spiro atoms. The van der Waals surface area contributed by atoms with E-state index < -0.39 is 0 Å². The van der Waals surface area contributed by atoms with Crippen molar-refractivity contribution in [3.05, 3.63) is 75.9 Å². The summed E-state index contributed by atoms with van der Waals surface area (Å²) in [7, 11) is 0. The highest BCUT2D eigenvalue weighted by molar-refractivity contribution is 6.31. The predicted octanol–water partition coefficient (Wildman–Crippen LogP) is 4.90. The van der Waals surface area contributed by atoms with Gasteiger partial charge < -0.3 is 0 Å². The molecule has 5 rings (SSSR count). The lowest BCUT2D eigenvalue weighted by molar-refractivity contribution is 0.104. The van der Waals surface area contributed by atoms with Gasteiger partial charge in [-0.15, -0.1) is 0 Å². The van der Waals surface area contributed by atoms with E-state index in [2.05, 4.69) is 5.10 Å². The summed E-state index contributed by atoms with van der Waals surface area (Å²) in [6.07, 6.45) is 0. The summed E-state index contributed by atoms with van der Waals surface area (Å²) in [6, 6.07) is 15.3. The van der Waals surface area contributed by atoms with Crippen LogP contribution in [0.1, 0.15) is 27.2 Å². The van der Waals surface area contributed by atoms with Gasteiger partial charge in [-0.3, -0.25) is 4.79 Å². The molecule has 0 unspecified atom stereocenters. The quantitative estimate of drug-likeness (QED) is 0.427. The van der Waals surface area contributed by atoms with E-state index in [9.17, 15) is 4.79 Å². The molecule has 126 valence electrons. The van der Waals surface area contributed by atoms with Crippen molar-refractivity contribution < 1.29 is 4.79 Å². The molecule has 0 radical (unpaired) electrons. The Morgan fingerprint density at radius 2 is 1.77 bits per heavy atom. The fraction of sp³-hybridized carbons (Fsp3) is 0.0952. The van der Waals surface area contributed by atoms with Gasteiger partial charge in [-0.1, -0.05) is 35.9 Å². The third kappa shape index (κ3) is 1.99. The van der Waals surface area contributed by atoms with Crippen molar-refractivity contribution in [2.45, 2.75) is 13.8 Å². The number of benzene rings is 2. The van der Waals surface area contributed by atoms with Crippen molar-refractivity contribution in [3.8, 4) is 17.1 Å². The fourth-order valence-electron chi connectivity index (χ4n) is 3.69. The van der Waals surface area contributed by atoms with Crippen LogP contribution in [0.3, 0.4) is 0 Å². The number of hydrogen-bond acceptors (Lipinski definition) is 3. The number of rotatable bonds is 1. The minimum absolute atomic E-state index is 0.0312. The van der Waals surface area contributed by atoms with Crippen molar-refractivity contribution in [1.29, 1.82) is 0 Å². The van der Waals surface area contributed by atoms with Gasteiger partial charge in [0.2, 0.25) is 0 Å². The van der Waals surface area contributed by atoms with E-state index in [0.717, 1.165) is 39.0 Å². The minimum Gasteiger partial charge on any atom is -0.288 e. The zero-order valence-electron chi connectivity index (χ0n) is 14.2. The molecule has 0 saturated heterocycles. The smallest absolute Gasteiger partial charge is 0.197 e. The van der Waals surface area contributed by atoms with Gasteiger partial charge >= 0.3 is 0 Å². The van der Waals surface area contributed by atoms with Gasteiger partial charge in [-0.05, 0) is 43.7 Å². The van der Waals surface area contributed by atoms with Crippen molar-refractivity contribution in [2.24, 2.45) is 0 Å². The predicted molar refractivity (Wildman–Crippen MR) is 102 cm³/mol. The molecule has 2 aromatic heterocycles. The van der Waals surface area contributed by atoms with Gasteiger partial charge in [0.1, 0.15) is 0 Å². The number of aryl methyl sites for hydroxylation is 2. The van der Waals surface area contributed by atoms with Gasteiger partial charge in [-0.2, -0.15) is 5.10 Å². The summed E-state index contributed by atoms with van der Waals surface area (Å²) in [5.74, 6) is 0.731. The molecule has 4 aromatic rings. The van der Waals surface area contributed by atoms with E-state index >= 15 is 0 Å². The van der Waals surface area contributed by atoms with Crippen LogP contribution < -0.4 is 0 Å². The first-order chi connectivity index (χ1) is 12.5. The molecule has 0 fully saturated rings. The van der Waals surface area contributed by atoms with Crippen LogP contribution in [-0.2, 0) is 0 Å². The second-order valence-corrected chi connectivity index (χ2v) is 6.99. The van der Waals surface area contributed by atoms with Gasteiger partial charge in [-0.25, -0.2) is 9.67 Å². The highest BCUT2D eigenvalue weighted by Crippen LogP contribution is 2.39. The molecular formula is C21H14ClN3O. The highest BCUT2D eigenvalue weighted by atomic mass is 35.5. The number of nitrogens with zero attached hydrogens (tertiary/aromatic N) is 3. The molecular weight excluding hydrogens is 346 g/mol. The summed E-state index contributed by atoms with van der Waals surface area (Å²) >= 11 is 6.12. The first-order valence-electron chi connectivity index (χ1n) is 8.35. The van der Waals surface area contributed by atoms with E-state index in [1.807, 2.05) is 62.4 Å². The maximum absolute atomic E-state index is 12.8. The highest BCUT2D eigenvalue weighted by Gasteiger charge is 2.33. The molecule has 2 heterocycles. The van der Waals surface area contributed by atoms with Gasteiger partial charge in [0.15, 0.2) is 11.6 Å². The normalized spacial score (nSPS) is 12.5. The lowest BCUT2D eigenvalue weighted by Gasteiger charge is -2.10. The number of fused-ring (bicyclic) bond motifs is 4. The lowest BCUT2D eigenvalue weighted by Crippen LogP contribution is -2.03. The van der Waals surface area contributed by atoms with Gasteiger partial charge in [0, 0.05) is 21.5 Å². The average Bonchev–Trinajstić information content (AvgIpc) is 3.13. The molecule has 0 aliphatic heterocycles. The molecule has 26 heavy (non-hydrogen) atoms. The van der Waals surface area contributed by atoms with Crippen LogP contribution >= 0.6 is 11.6 Å². The summed E-state index contributed by atoms with van der Waals surface area (Å²) in [5, 5.41) is 6.32. The Morgan fingerprint density at radius 1 is 1.00 bits per heavy atom. The Hall–Kier alpha value is -2.98. The van der Waals surface area contributed by atoms with Crippen molar-refractivity contribution in [1.82, 2.24) is 14.8 Å². The second-order valence-electron chi connectivity index (χ2n) is 6.55. The van der Waals surface area contributed by atoms with Crippen LogP contribution in [0.25, 0.3) is 28.0 Å². The Balaban J connectivity index is 1.81. The molecule has 0 amide bonds. The number of pyridine rings is 1. The first kappa shape index (κ1) is 15.3. The van der Waals surface area contributed by atoms with Crippen molar-refractivity contribution in [2.75, 3.05) is 0 Å². The number of hydrogen-bond donors (Lipinski definition) is 0. The van der Waals surface area contributed by atoms with Gasteiger partial charge in [0.05, 0.1) is 22.5 Å². The SMILES string of the molecule is Cc1nn(-c2cc(C)c3cc(Cl)ccc3n2)c2c1C(=O)c1ccccc1-2. The molecule has 1 aliphatic carbocycles. The maximum atomic E-state index is 12.8. The van der Waals surface area contributed by atoms with Crippen LogP contribution in [0.5, 0.6) is 0 Å². The molecule has 0 atom stereocenters. The molecule has 0 bridgehead atoms. The molecule has 5 heteroatoms. The van der Waals surface area contributed by atoms with Crippen LogP contribution in [0, 0.1) is 13.8 Å². The van der Waals surface area contributed by atoms with E-state index in [4.69, 9.17) is 16.6 Å². The standard InChI is InChI=1S/C21H14ClN3O/c1-11-9-18(23-17-8-7-13(22)10-16(11)17)25-20-14-5-3-4-6-15(14)21(26)19(20)12(2)24-25/h3-10H,1-2H3. The fourth-order valence-corrected chi connectivity index (χ4v) is 3.87. The molecule has 4 nitrogen and oxygen atoms in total. The van der Waals surface area contributed by atoms with E-state index in [0.29, 0.717) is 16.4 Å². The largest absolute Gasteiger partial charge is 0.288 e. The molecule has 0 N–H and O–H groups in total. The number of halogens is 1. The third-order valence-electron chi connectivity index (χ3n) is 4.90. The van der Waals surface area contributed by atoms with E-state index in [1.165, 1.54) is 0 Å². The zero-order chi connectivity index (χ0) is 18.0. The second kappa shape index (κ2) is 5.26. The average molecular weight is 360 g/mol. The third-order valence-corrected chi connectivity index (χ3v) is 5.13. The minimum atomic E-state index is 0.0312. The topological polar surface area (TPSA) is 47.8 Å². The molecule has 2 aromatic carbocycles. The summed E-state index contributed by atoms with van der Waals surface area (Å²) in [5.41, 5.74) is 5.75. The Bertz CT molecular complexity index is 1240. The van der Waals surface area contributed by atoms with Crippen LogP contribution in [0.4, 0.5) is 0 Å². The lowest BCUT2D eigenvalue weighted by atomic mass is 10.1. The van der Waals surface area contributed by atoms with E-state index in [1.54, 1.807) is 4.68 Å². The number of ketones is 1. The van der Waals surface area contributed by atoms with Crippen LogP contribution in [0.2, 0.25) is 5.02 Å². The summed E-state index contributed by atoms with van der Waals surface area (Å²) in [4.78, 5) is 17.5. The Kier molecular flexibility index (Phi) is 3.09. The number of aromatic nitrogens is 3. The number of carbonyl (C=O) groups excluding carboxylic acids is 1. The monoisotopic (exact) mass is 359 g/mol. The van der Waals surface area contributed by atoms with Crippen molar-refractivity contribution in [3.63, 3.8) is 0 Å². The molecule has 1 aliphatic rings. The Morgan fingerprint density at radius 3 is 2.58 bits per heavy atom. The van der Waals surface area contributed by atoms with Crippen molar-refractivity contribution >= 4 is 28.3 Å². The first-order valence-corrected chi connectivity index (χ1v) is 8.73. The summed E-state index contributed by atoms with van der Waals surface area (Å²) < 4.78 is 1.79. The van der Waals surface area contributed by atoms with E-state index in [-0.39, 0.29) is 5.78 Å². The number of carbonyl (C=O) groups is 1. The zero-order valence-corrected chi connectivity index (χ0v) is 15.0. The Labute approximate surface area is 155 Å². The summed E-state index contributed by atoms with van der Waals surface area (Å²) in [6.45, 7) is 3.90.